The number of hydrogen-bond acceptors (Lipinski definition) is 2. The van der Waals surface area contributed by atoms with Gasteiger partial charge in [0, 0.05) is 18.6 Å². The smallest absolute Gasteiger partial charge is 0.0223 e. The molecule has 2 aliphatic rings. The molecule has 2 nitrogen and oxygen atoms in total. The standard InChI is InChI=1S/C14H28N2/c1-11-6-7-13(9-12(11)2)16-8-4-5-14(16)10-15-3/h11-15H,4-10H2,1-3H3. The summed E-state index contributed by atoms with van der Waals surface area (Å²) in [6.07, 6.45) is 7.12. The SMILES string of the molecule is CNCC1CCCN1C1CCC(C)C(C)C1. The summed E-state index contributed by atoms with van der Waals surface area (Å²) in [4.78, 5) is 2.80. The lowest BCUT2D eigenvalue weighted by Crippen LogP contribution is -2.46. The van der Waals surface area contributed by atoms with E-state index in [4.69, 9.17) is 0 Å². The Morgan fingerprint density at radius 1 is 1.12 bits per heavy atom. The van der Waals surface area contributed by atoms with Gasteiger partial charge in [0.05, 0.1) is 0 Å². The zero-order chi connectivity index (χ0) is 11.5. The summed E-state index contributed by atoms with van der Waals surface area (Å²) in [6, 6.07) is 1.70. The van der Waals surface area contributed by atoms with Crippen molar-refractivity contribution in [3.05, 3.63) is 0 Å². The molecule has 4 atom stereocenters. The van der Waals surface area contributed by atoms with Crippen molar-refractivity contribution in [2.75, 3.05) is 20.1 Å². The molecule has 0 radical (unpaired) electrons. The number of likely N-dealkylation sites (tertiary alicyclic amines) is 1. The topological polar surface area (TPSA) is 15.3 Å². The minimum Gasteiger partial charge on any atom is -0.318 e. The van der Waals surface area contributed by atoms with Gasteiger partial charge in [-0.05, 0) is 57.5 Å². The van der Waals surface area contributed by atoms with E-state index in [0.717, 1.165) is 23.9 Å². The zero-order valence-electron chi connectivity index (χ0n) is 11.2. The molecule has 2 heteroatoms. The van der Waals surface area contributed by atoms with Gasteiger partial charge in [-0.2, -0.15) is 0 Å². The van der Waals surface area contributed by atoms with Crippen molar-refractivity contribution in [3.8, 4) is 0 Å². The lowest BCUT2D eigenvalue weighted by molar-refractivity contribution is 0.0985. The van der Waals surface area contributed by atoms with Crippen molar-refractivity contribution in [1.29, 1.82) is 0 Å². The summed E-state index contributed by atoms with van der Waals surface area (Å²) in [5, 5.41) is 3.36. The second-order valence-electron chi connectivity index (χ2n) is 6.01. The van der Waals surface area contributed by atoms with Gasteiger partial charge < -0.3 is 5.32 Å². The molecular formula is C14H28N2. The van der Waals surface area contributed by atoms with Crippen molar-refractivity contribution in [2.45, 2.75) is 58.0 Å². The van der Waals surface area contributed by atoms with Crippen LogP contribution in [-0.4, -0.2) is 37.1 Å². The van der Waals surface area contributed by atoms with Crippen LogP contribution in [0, 0.1) is 11.8 Å². The second kappa shape index (κ2) is 5.50. The van der Waals surface area contributed by atoms with Crippen molar-refractivity contribution >= 4 is 0 Å². The summed E-state index contributed by atoms with van der Waals surface area (Å²) in [5.41, 5.74) is 0. The van der Waals surface area contributed by atoms with Gasteiger partial charge in [0.1, 0.15) is 0 Å². The Morgan fingerprint density at radius 3 is 2.62 bits per heavy atom. The fraction of sp³-hybridized carbons (Fsp3) is 1.00. The maximum absolute atomic E-state index is 3.36. The van der Waals surface area contributed by atoms with Crippen LogP contribution in [0.1, 0.15) is 46.0 Å². The van der Waals surface area contributed by atoms with Crippen LogP contribution in [0.5, 0.6) is 0 Å². The van der Waals surface area contributed by atoms with Crippen molar-refractivity contribution in [1.82, 2.24) is 10.2 Å². The van der Waals surface area contributed by atoms with Crippen LogP contribution in [0.2, 0.25) is 0 Å². The molecule has 0 aromatic rings. The average Bonchev–Trinajstić information content (AvgIpc) is 2.71. The van der Waals surface area contributed by atoms with Gasteiger partial charge in [0.2, 0.25) is 0 Å². The van der Waals surface area contributed by atoms with E-state index in [1.54, 1.807) is 0 Å². The Balaban J connectivity index is 1.91. The average molecular weight is 224 g/mol. The minimum absolute atomic E-state index is 0.815. The molecule has 1 aliphatic heterocycles. The zero-order valence-corrected chi connectivity index (χ0v) is 11.2. The second-order valence-corrected chi connectivity index (χ2v) is 6.01. The quantitative estimate of drug-likeness (QED) is 0.792. The van der Waals surface area contributed by atoms with E-state index in [-0.39, 0.29) is 0 Å². The van der Waals surface area contributed by atoms with Gasteiger partial charge in [-0.25, -0.2) is 0 Å². The van der Waals surface area contributed by atoms with E-state index in [1.807, 2.05) is 0 Å². The molecule has 1 aliphatic carbocycles. The molecule has 1 heterocycles. The Hall–Kier alpha value is -0.0800. The molecule has 0 aromatic carbocycles. The third kappa shape index (κ3) is 2.60. The summed E-state index contributed by atoms with van der Waals surface area (Å²) >= 11 is 0. The Labute approximate surface area is 101 Å². The highest BCUT2D eigenvalue weighted by Crippen LogP contribution is 2.34. The van der Waals surface area contributed by atoms with Crippen LogP contribution in [0.3, 0.4) is 0 Å². The highest BCUT2D eigenvalue weighted by atomic mass is 15.2. The molecule has 0 bridgehead atoms. The van der Waals surface area contributed by atoms with Crippen molar-refractivity contribution in [3.63, 3.8) is 0 Å². The molecule has 0 spiro atoms. The van der Waals surface area contributed by atoms with Gasteiger partial charge in [-0.15, -0.1) is 0 Å². The predicted octanol–water partition coefficient (Wildman–Crippen LogP) is 2.49. The maximum atomic E-state index is 3.36. The largest absolute Gasteiger partial charge is 0.318 e. The van der Waals surface area contributed by atoms with Crippen molar-refractivity contribution in [2.24, 2.45) is 11.8 Å². The molecule has 1 saturated carbocycles. The summed E-state index contributed by atoms with van der Waals surface area (Å²) in [7, 11) is 2.09. The summed E-state index contributed by atoms with van der Waals surface area (Å²) in [6.45, 7) is 7.40. The number of nitrogens with one attached hydrogen (secondary N) is 1. The lowest BCUT2D eigenvalue weighted by Gasteiger charge is -2.40. The van der Waals surface area contributed by atoms with Gasteiger partial charge >= 0.3 is 0 Å². The fourth-order valence-corrected chi connectivity index (χ4v) is 3.61. The first-order valence-electron chi connectivity index (χ1n) is 7.12. The Bertz CT molecular complexity index is 217. The molecule has 16 heavy (non-hydrogen) atoms. The summed E-state index contributed by atoms with van der Waals surface area (Å²) < 4.78 is 0. The number of likely N-dealkylation sites (N-methyl/N-ethyl adjacent to an activating group) is 1. The van der Waals surface area contributed by atoms with E-state index in [2.05, 4.69) is 31.1 Å². The molecule has 2 fully saturated rings. The first-order chi connectivity index (χ1) is 7.72. The van der Waals surface area contributed by atoms with Crippen LogP contribution in [-0.2, 0) is 0 Å². The normalized spacial score (nSPS) is 41.4. The highest BCUT2D eigenvalue weighted by molar-refractivity contribution is 4.89. The number of hydrogen-bond donors (Lipinski definition) is 1. The maximum Gasteiger partial charge on any atom is 0.0223 e. The van der Waals surface area contributed by atoms with Crippen LogP contribution < -0.4 is 5.32 Å². The van der Waals surface area contributed by atoms with Crippen LogP contribution in [0.25, 0.3) is 0 Å². The third-order valence-corrected chi connectivity index (χ3v) is 4.90. The monoisotopic (exact) mass is 224 g/mol. The van der Waals surface area contributed by atoms with E-state index in [1.165, 1.54) is 45.2 Å². The molecule has 0 aromatic heterocycles. The molecule has 0 amide bonds. The van der Waals surface area contributed by atoms with Gasteiger partial charge in [0.25, 0.3) is 0 Å². The number of rotatable bonds is 3. The Kier molecular flexibility index (Phi) is 4.26. The minimum atomic E-state index is 0.815. The van der Waals surface area contributed by atoms with Crippen molar-refractivity contribution < 1.29 is 0 Å². The lowest BCUT2D eigenvalue weighted by atomic mass is 9.78. The first-order valence-corrected chi connectivity index (χ1v) is 7.12. The van der Waals surface area contributed by atoms with E-state index >= 15 is 0 Å². The summed E-state index contributed by atoms with van der Waals surface area (Å²) in [5.74, 6) is 1.87. The van der Waals surface area contributed by atoms with E-state index in [0.29, 0.717) is 0 Å². The van der Waals surface area contributed by atoms with E-state index < -0.39 is 0 Å². The van der Waals surface area contributed by atoms with Crippen LogP contribution in [0.15, 0.2) is 0 Å². The predicted molar refractivity (Wildman–Crippen MR) is 69.6 cm³/mol. The van der Waals surface area contributed by atoms with Gasteiger partial charge in [-0.1, -0.05) is 13.8 Å². The van der Waals surface area contributed by atoms with E-state index in [9.17, 15) is 0 Å². The first kappa shape index (κ1) is 12.4. The molecule has 1 N–H and O–H groups in total. The van der Waals surface area contributed by atoms with Gasteiger partial charge in [-0.3, -0.25) is 4.90 Å². The Morgan fingerprint density at radius 2 is 1.94 bits per heavy atom. The fourth-order valence-electron chi connectivity index (χ4n) is 3.61. The molecule has 4 unspecified atom stereocenters. The molecule has 94 valence electrons. The number of nitrogens with zero attached hydrogens (tertiary/aromatic N) is 1. The molecular weight excluding hydrogens is 196 g/mol. The highest BCUT2D eigenvalue weighted by Gasteiger charge is 2.34. The third-order valence-electron chi connectivity index (χ3n) is 4.90. The molecule has 1 saturated heterocycles. The van der Waals surface area contributed by atoms with Gasteiger partial charge in [0.15, 0.2) is 0 Å². The van der Waals surface area contributed by atoms with Crippen LogP contribution >= 0.6 is 0 Å². The van der Waals surface area contributed by atoms with Crippen LogP contribution in [0.4, 0.5) is 0 Å². The molecule has 2 rings (SSSR count).